The molecular weight excluding hydrogens is 264 g/mol. The number of anilines is 1. The topological polar surface area (TPSA) is 50.4 Å². The zero-order chi connectivity index (χ0) is 15.0. The molecular formula is C17H24N2O2. The first-order valence-electron chi connectivity index (χ1n) is 7.74. The number of carbonyl (C=O) groups is 1. The lowest BCUT2D eigenvalue weighted by molar-refractivity contribution is -0.177. The van der Waals surface area contributed by atoms with Gasteiger partial charge < -0.3 is 15.4 Å². The van der Waals surface area contributed by atoms with E-state index in [-0.39, 0.29) is 11.3 Å². The second-order valence-electron chi connectivity index (χ2n) is 6.70. The van der Waals surface area contributed by atoms with Gasteiger partial charge in [-0.3, -0.25) is 4.79 Å². The number of hydrogen-bond donors (Lipinski definition) is 2. The summed E-state index contributed by atoms with van der Waals surface area (Å²) in [6.07, 6.45) is 2.78. The van der Waals surface area contributed by atoms with E-state index in [1.54, 1.807) is 7.05 Å². The maximum absolute atomic E-state index is 11.6. The maximum atomic E-state index is 11.6. The van der Waals surface area contributed by atoms with Crippen molar-refractivity contribution >= 4 is 11.6 Å². The Labute approximate surface area is 126 Å². The van der Waals surface area contributed by atoms with E-state index in [4.69, 9.17) is 4.74 Å². The third-order valence-corrected chi connectivity index (χ3v) is 5.03. The molecule has 3 rings (SSSR count). The Morgan fingerprint density at radius 2 is 2.00 bits per heavy atom. The number of fused-ring (bicyclic) bond motifs is 1. The molecule has 0 bridgehead atoms. The largest absolute Gasteiger partial charge is 0.381 e. The fourth-order valence-corrected chi connectivity index (χ4v) is 3.86. The summed E-state index contributed by atoms with van der Waals surface area (Å²) in [5.74, 6) is 0.554. The molecule has 4 nitrogen and oxygen atoms in total. The van der Waals surface area contributed by atoms with Gasteiger partial charge in [-0.1, -0.05) is 13.8 Å². The highest BCUT2D eigenvalue weighted by molar-refractivity contribution is 5.94. The minimum atomic E-state index is -0.0498. The number of benzene rings is 1. The van der Waals surface area contributed by atoms with Gasteiger partial charge in [-0.25, -0.2) is 0 Å². The standard InChI is InChI=1S/C17H24N2O2/c1-17(2)14(13-5-4-10-21-15(13)17)19-12-8-6-11(7-9-12)16(20)18-3/h6-9,13-15,19H,4-5,10H2,1-3H3,(H,18,20). The molecule has 4 heteroatoms. The molecule has 2 N–H and O–H groups in total. The normalized spacial score (nSPS) is 30.0. The number of hydrogen-bond acceptors (Lipinski definition) is 3. The summed E-state index contributed by atoms with van der Waals surface area (Å²) in [4.78, 5) is 11.6. The summed E-state index contributed by atoms with van der Waals surface area (Å²) in [7, 11) is 1.65. The van der Waals surface area contributed by atoms with Crippen molar-refractivity contribution < 1.29 is 9.53 Å². The van der Waals surface area contributed by atoms with Gasteiger partial charge in [-0.15, -0.1) is 0 Å². The van der Waals surface area contributed by atoms with E-state index >= 15 is 0 Å². The molecule has 114 valence electrons. The van der Waals surface area contributed by atoms with Crippen molar-refractivity contribution in [3.63, 3.8) is 0 Å². The van der Waals surface area contributed by atoms with Crippen LogP contribution in [-0.4, -0.2) is 31.7 Å². The van der Waals surface area contributed by atoms with Gasteiger partial charge in [0.2, 0.25) is 0 Å². The average Bonchev–Trinajstić information content (AvgIpc) is 2.52. The summed E-state index contributed by atoms with van der Waals surface area (Å²) in [6.45, 7) is 5.45. The highest BCUT2D eigenvalue weighted by Gasteiger charge is 2.57. The van der Waals surface area contributed by atoms with Crippen LogP contribution in [0.3, 0.4) is 0 Å². The van der Waals surface area contributed by atoms with Crippen molar-refractivity contribution in [1.29, 1.82) is 0 Å². The van der Waals surface area contributed by atoms with Gasteiger partial charge in [0, 0.05) is 42.3 Å². The Balaban J connectivity index is 1.70. The quantitative estimate of drug-likeness (QED) is 0.899. The second-order valence-corrected chi connectivity index (χ2v) is 6.70. The number of amides is 1. The van der Waals surface area contributed by atoms with Gasteiger partial charge in [0.15, 0.2) is 0 Å². The smallest absolute Gasteiger partial charge is 0.251 e. The fourth-order valence-electron chi connectivity index (χ4n) is 3.86. The lowest BCUT2D eigenvalue weighted by atomic mass is 9.55. The third-order valence-electron chi connectivity index (χ3n) is 5.03. The molecule has 3 atom stereocenters. The third kappa shape index (κ3) is 2.42. The lowest BCUT2D eigenvalue weighted by Crippen LogP contribution is -2.67. The monoisotopic (exact) mass is 288 g/mol. The Morgan fingerprint density at radius 3 is 2.67 bits per heavy atom. The minimum Gasteiger partial charge on any atom is -0.381 e. The van der Waals surface area contributed by atoms with E-state index in [0.717, 1.165) is 18.7 Å². The molecule has 1 aromatic rings. The Morgan fingerprint density at radius 1 is 1.29 bits per heavy atom. The van der Waals surface area contributed by atoms with Crippen LogP contribution in [0.5, 0.6) is 0 Å². The summed E-state index contributed by atoms with van der Waals surface area (Å²) in [6, 6.07) is 8.13. The van der Waals surface area contributed by atoms with E-state index in [2.05, 4.69) is 24.5 Å². The maximum Gasteiger partial charge on any atom is 0.251 e. The molecule has 2 aliphatic rings. The van der Waals surface area contributed by atoms with Gasteiger partial charge in [0.1, 0.15) is 0 Å². The van der Waals surface area contributed by atoms with E-state index < -0.39 is 0 Å². The van der Waals surface area contributed by atoms with Crippen LogP contribution in [0.4, 0.5) is 5.69 Å². The molecule has 1 saturated carbocycles. The minimum absolute atomic E-state index is 0.0498. The molecule has 0 spiro atoms. The van der Waals surface area contributed by atoms with Gasteiger partial charge in [-0.05, 0) is 37.1 Å². The van der Waals surface area contributed by atoms with Crippen molar-refractivity contribution in [2.45, 2.75) is 38.8 Å². The van der Waals surface area contributed by atoms with Crippen molar-refractivity contribution in [2.75, 3.05) is 19.0 Å². The summed E-state index contributed by atoms with van der Waals surface area (Å²) in [5.41, 5.74) is 1.92. The number of ether oxygens (including phenoxy) is 1. The van der Waals surface area contributed by atoms with Crippen LogP contribution in [0.25, 0.3) is 0 Å². The summed E-state index contributed by atoms with van der Waals surface area (Å²) in [5, 5.41) is 6.28. The van der Waals surface area contributed by atoms with E-state index in [1.165, 1.54) is 6.42 Å². The Hall–Kier alpha value is -1.55. The molecule has 0 aromatic heterocycles. The molecule has 1 amide bonds. The van der Waals surface area contributed by atoms with Crippen molar-refractivity contribution in [3.05, 3.63) is 29.8 Å². The van der Waals surface area contributed by atoms with E-state index in [9.17, 15) is 4.79 Å². The van der Waals surface area contributed by atoms with Gasteiger partial charge in [0.05, 0.1) is 6.10 Å². The molecule has 1 aliphatic carbocycles. The van der Waals surface area contributed by atoms with Crippen LogP contribution < -0.4 is 10.6 Å². The highest BCUT2D eigenvalue weighted by Crippen LogP contribution is 2.52. The number of rotatable bonds is 3. The van der Waals surface area contributed by atoms with Crippen LogP contribution in [0, 0.1) is 11.3 Å². The molecule has 2 fully saturated rings. The summed E-state index contributed by atoms with van der Waals surface area (Å²) >= 11 is 0. The van der Waals surface area contributed by atoms with Crippen LogP contribution >= 0.6 is 0 Å². The predicted molar refractivity (Wildman–Crippen MR) is 83.5 cm³/mol. The predicted octanol–water partition coefficient (Wildman–Crippen LogP) is 2.66. The first-order chi connectivity index (χ1) is 10.0. The van der Waals surface area contributed by atoms with E-state index in [0.29, 0.717) is 23.6 Å². The molecule has 3 unspecified atom stereocenters. The van der Waals surface area contributed by atoms with E-state index in [1.807, 2.05) is 24.3 Å². The molecule has 1 saturated heterocycles. The highest BCUT2D eigenvalue weighted by atomic mass is 16.5. The summed E-state index contributed by atoms with van der Waals surface area (Å²) < 4.78 is 5.93. The zero-order valence-corrected chi connectivity index (χ0v) is 13.0. The molecule has 1 aliphatic heterocycles. The SMILES string of the molecule is CNC(=O)c1ccc(NC2C3CCCOC3C2(C)C)cc1. The number of carbonyl (C=O) groups excluding carboxylic acids is 1. The van der Waals surface area contributed by atoms with Crippen LogP contribution in [0.2, 0.25) is 0 Å². The second kappa shape index (κ2) is 5.34. The van der Waals surface area contributed by atoms with Crippen molar-refractivity contribution in [2.24, 2.45) is 11.3 Å². The van der Waals surface area contributed by atoms with Crippen molar-refractivity contribution in [3.8, 4) is 0 Å². The van der Waals surface area contributed by atoms with Crippen LogP contribution in [0.1, 0.15) is 37.0 Å². The Kier molecular flexibility index (Phi) is 3.66. The average molecular weight is 288 g/mol. The van der Waals surface area contributed by atoms with Gasteiger partial charge >= 0.3 is 0 Å². The van der Waals surface area contributed by atoms with Gasteiger partial charge in [0.25, 0.3) is 5.91 Å². The first kappa shape index (κ1) is 14.4. The lowest BCUT2D eigenvalue weighted by Gasteiger charge is -2.60. The van der Waals surface area contributed by atoms with Crippen LogP contribution in [-0.2, 0) is 4.74 Å². The molecule has 0 radical (unpaired) electrons. The Bertz CT molecular complexity index is 524. The number of nitrogens with one attached hydrogen (secondary N) is 2. The molecule has 1 heterocycles. The molecule has 1 aromatic carbocycles. The zero-order valence-electron chi connectivity index (χ0n) is 13.0. The van der Waals surface area contributed by atoms with Gasteiger partial charge in [-0.2, -0.15) is 0 Å². The molecule has 21 heavy (non-hydrogen) atoms. The first-order valence-corrected chi connectivity index (χ1v) is 7.74. The fraction of sp³-hybridized carbons (Fsp3) is 0.588. The van der Waals surface area contributed by atoms with Crippen LogP contribution in [0.15, 0.2) is 24.3 Å². The van der Waals surface area contributed by atoms with Crippen molar-refractivity contribution in [1.82, 2.24) is 5.32 Å².